The maximum Gasteiger partial charge on any atom is 0.277 e. The van der Waals surface area contributed by atoms with Gasteiger partial charge in [0.1, 0.15) is 0 Å². The third kappa shape index (κ3) is 5.96. The summed E-state index contributed by atoms with van der Waals surface area (Å²) >= 11 is 0. The summed E-state index contributed by atoms with van der Waals surface area (Å²) < 4.78 is 27.0. The lowest BCUT2D eigenvalue weighted by atomic mass is 9.84. The Morgan fingerprint density at radius 1 is 1.07 bits per heavy atom. The van der Waals surface area contributed by atoms with E-state index in [4.69, 9.17) is 0 Å². The van der Waals surface area contributed by atoms with Crippen LogP contribution in [-0.2, 0) is 10.0 Å². The molecule has 0 radical (unpaired) electrons. The van der Waals surface area contributed by atoms with Crippen LogP contribution in [0.5, 0.6) is 0 Å². The fraction of sp³-hybridized carbons (Fsp3) is 0.640. The molecule has 1 aliphatic rings. The summed E-state index contributed by atoms with van der Waals surface area (Å²) in [7, 11) is -3.76. The maximum atomic E-state index is 13.5. The van der Waals surface area contributed by atoms with Crippen LogP contribution in [0.1, 0.15) is 115 Å². The number of hydrogen-bond donors (Lipinski definition) is 1. The van der Waals surface area contributed by atoms with Crippen LogP contribution in [-0.4, -0.2) is 14.1 Å². The summed E-state index contributed by atoms with van der Waals surface area (Å²) in [6.45, 7) is 16.3. The molecule has 1 unspecified atom stereocenters. The second kappa shape index (κ2) is 10.6. The van der Waals surface area contributed by atoms with Crippen molar-refractivity contribution in [3.63, 3.8) is 0 Å². The monoisotopic (exact) mass is 432 g/mol. The Morgan fingerprint density at radius 2 is 1.67 bits per heavy atom. The van der Waals surface area contributed by atoms with Crippen LogP contribution >= 0.6 is 0 Å². The average Bonchev–Trinajstić information content (AvgIpc) is 2.70. The van der Waals surface area contributed by atoms with Crippen LogP contribution in [0.3, 0.4) is 0 Å². The first-order valence-electron chi connectivity index (χ1n) is 11.4. The lowest BCUT2D eigenvalue weighted by molar-refractivity contribution is 0.497. The van der Waals surface area contributed by atoms with Gasteiger partial charge in [-0.3, -0.25) is 0 Å². The molecule has 0 heterocycles. The molecule has 0 spiro atoms. The fourth-order valence-corrected chi connectivity index (χ4v) is 5.75. The molecule has 0 saturated heterocycles. The molecule has 30 heavy (non-hydrogen) atoms. The van der Waals surface area contributed by atoms with Crippen molar-refractivity contribution in [2.45, 2.75) is 103 Å². The molecule has 0 aromatic heterocycles. The number of hydrazone groups is 1. The molecule has 2 rings (SSSR count). The van der Waals surface area contributed by atoms with Gasteiger partial charge in [0.05, 0.1) is 4.90 Å². The second-order valence-electron chi connectivity index (χ2n) is 9.50. The largest absolute Gasteiger partial charge is 0.277 e. The van der Waals surface area contributed by atoms with Crippen molar-refractivity contribution in [2.75, 3.05) is 0 Å². The fourth-order valence-electron chi connectivity index (χ4n) is 4.21. The highest BCUT2D eigenvalue weighted by atomic mass is 32.2. The van der Waals surface area contributed by atoms with Crippen molar-refractivity contribution in [1.29, 1.82) is 0 Å². The average molecular weight is 433 g/mol. The van der Waals surface area contributed by atoms with Crippen molar-refractivity contribution in [2.24, 2.45) is 11.0 Å². The number of benzene rings is 1. The molecule has 4 nitrogen and oxygen atoms in total. The highest BCUT2D eigenvalue weighted by Gasteiger charge is 2.28. The van der Waals surface area contributed by atoms with Gasteiger partial charge in [0, 0.05) is 5.71 Å². The molecule has 5 heteroatoms. The summed E-state index contributed by atoms with van der Waals surface area (Å²) in [5, 5.41) is 4.47. The van der Waals surface area contributed by atoms with E-state index in [2.05, 4.69) is 70.2 Å². The van der Waals surface area contributed by atoms with Gasteiger partial charge in [-0.05, 0) is 72.5 Å². The Bertz CT molecular complexity index is 838. The van der Waals surface area contributed by atoms with E-state index in [0.29, 0.717) is 16.7 Å². The van der Waals surface area contributed by atoms with Crippen molar-refractivity contribution in [3.8, 4) is 0 Å². The van der Waals surface area contributed by atoms with Crippen LogP contribution in [0.25, 0.3) is 0 Å². The predicted octanol–water partition coefficient (Wildman–Crippen LogP) is 6.85. The minimum Gasteiger partial charge on any atom is -0.200 e. The van der Waals surface area contributed by atoms with Crippen LogP contribution < -0.4 is 4.83 Å². The van der Waals surface area contributed by atoms with Gasteiger partial charge >= 0.3 is 0 Å². The summed E-state index contributed by atoms with van der Waals surface area (Å²) in [6.07, 6.45) is 8.04. The minimum absolute atomic E-state index is 0.107. The van der Waals surface area contributed by atoms with Crippen molar-refractivity contribution >= 4 is 15.7 Å². The molecule has 0 amide bonds. The van der Waals surface area contributed by atoms with E-state index < -0.39 is 10.0 Å². The quantitative estimate of drug-likeness (QED) is 0.343. The highest BCUT2D eigenvalue weighted by molar-refractivity contribution is 7.89. The molecule has 1 fully saturated rings. The van der Waals surface area contributed by atoms with E-state index >= 15 is 0 Å². The molecular formula is C25H40N2O2S. The van der Waals surface area contributed by atoms with Crippen LogP contribution in [0.4, 0.5) is 0 Å². The van der Waals surface area contributed by atoms with E-state index in [1.165, 1.54) is 12.0 Å². The molecule has 1 saturated carbocycles. The van der Waals surface area contributed by atoms with E-state index in [1.807, 2.05) is 6.08 Å². The van der Waals surface area contributed by atoms with Gasteiger partial charge in [-0.25, -0.2) is 4.83 Å². The van der Waals surface area contributed by atoms with Gasteiger partial charge in [0.15, 0.2) is 0 Å². The zero-order valence-corrected chi connectivity index (χ0v) is 20.5. The van der Waals surface area contributed by atoms with Crippen LogP contribution in [0, 0.1) is 5.92 Å². The molecule has 1 aromatic rings. The van der Waals surface area contributed by atoms with Crippen molar-refractivity contribution < 1.29 is 8.42 Å². The Hall–Kier alpha value is -1.62. The second-order valence-corrected chi connectivity index (χ2v) is 11.1. The molecule has 1 atom stereocenters. The highest BCUT2D eigenvalue weighted by Crippen LogP contribution is 2.35. The molecule has 168 valence electrons. The maximum absolute atomic E-state index is 13.5. The molecule has 0 aliphatic heterocycles. The number of nitrogens with zero attached hydrogens (tertiary/aromatic N) is 1. The summed E-state index contributed by atoms with van der Waals surface area (Å²) in [5.41, 5.74) is 3.93. The van der Waals surface area contributed by atoms with Crippen molar-refractivity contribution in [1.82, 2.24) is 4.83 Å². The van der Waals surface area contributed by atoms with E-state index in [0.717, 1.165) is 48.9 Å². The van der Waals surface area contributed by atoms with Crippen LogP contribution in [0.2, 0.25) is 0 Å². The molecule has 0 bridgehead atoms. The topological polar surface area (TPSA) is 58.5 Å². The Morgan fingerprint density at radius 3 is 2.17 bits per heavy atom. The summed E-state index contributed by atoms with van der Waals surface area (Å²) in [4.78, 5) is 3.04. The molecule has 1 aromatic carbocycles. The van der Waals surface area contributed by atoms with Gasteiger partial charge in [-0.15, -0.1) is 6.58 Å². The third-order valence-corrected chi connectivity index (χ3v) is 7.42. The summed E-state index contributed by atoms with van der Waals surface area (Å²) in [5.74, 6) is 0.903. The Labute approximate surface area is 184 Å². The molecule has 1 aliphatic carbocycles. The van der Waals surface area contributed by atoms with Gasteiger partial charge in [-0.2, -0.15) is 13.5 Å². The van der Waals surface area contributed by atoms with E-state index in [9.17, 15) is 8.42 Å². The first-order chi connectivity index (χ1) is 14.1. The first-order valence-corrected chi connectivity index (χ1v) is 12.9. The molecule has 1 N–H and O–H groups in total. The number of nitrogens with one attached hydrogen (secondary N) is 1. The predicted molar refractivity (Wildman–Crippen MR) is 128 cm³/mol. The first kappa shape index (κ1) is 24.6. The number of allylic oxidation sites excluding steroid dienone is 1. The zero-order valence-electron chi connectivity index (χ0n) is 19.7. The van der Waals surface area contributed by atoms with E-state index in [-0.39, 0.29) is 11.8 Å². The molecular weight excluding hydrogens is 392 g/mol. The van der Waals surface area contributed by atoms with Crippen molar-refractivity contribution in [3.05, 3.63) is 41.5 Å². The SMILES string of the molecule is C=CCCC1CCCC/C1=N/NS(=O)(=O)c1c(C(C)C)cc(C(C)C)cc1C(C)C. The standard InChI is InChI=1S/C25H40N2O2S/c1-8-9-12-20-13-10-11-14-24(20)26-27-30(28,29)25-22(18(4)5)15-21(17(2)3)16-23(25)19(6)7/h8,15-20,27H,1,9-14H2,2-7H3/b26-24-. The van der Waals surface area contributed by atoms with Gasteiger partial charge in [-0.1, -0.05) is 66.2 Å². The third-order valence-electron chi connectivity index (χ3n) is 6.08. The van der Waals surface area contributed by atoms with Gasteiger partial charge < -0.3 is 0 Å². The Balaban J connectivity index is 2.48. The normalized spacial score (nSPS) is 19.1. The van der Waals surface area contributed by atoms with Gasteiger partial charge in [0.2, 0.25) is 0 Å². The number of rotatable bonds is 9. The summed E-state index contributed by atoms with van der Waals surface area (Å²) in [6, 6.07) is 4.13. The van der Waals surface area contributed by atoms with Gasteiger partial charge in [0.25, 0.3) is 10.0 Å². The lowest BCUT2D eigenvalue weighted by Crippen LogP contribution is -2.27. The van der Waals surface area contributed by atoms with Crippen LogP contribution in [0.15, 0.2) is 34.8 Å². The zero-order chi connectivity index (χ0) is 22.5. The van der Waals surface area contributed by atoms with E-state index in [1.54, 1.807) is 0 Å². The number of sulfonamides is 1. The smallest absolute Gasteiger partial charge is 0.200 e. The number of hydrogen-bond acceptors (Lipinski definition) is 3. The Kier molecular flexibility index (Phi) is 8.72. The lowest BCUT2D eigenvalue weighted by Gasteiger charge is -2.25. The minimum atomic E-state index is -3.76.